The minimum absolute atomic E-state index is 0. The molecule has 0 aliphatic heterocycles. The van der Waals surface area contributed by atoms with Crippen molar-refractivity contribution in [3.05, 3.63) is 6.92 Å². The molecule has 0 aliphatic carbocycles. The average molecular weight is 221 g/mol. The van der Waals surface area contributed by atoms with Crippen LogP contribution in [0.15, 0.2) is 0 Å². The largest absolute Gasteiger partial charge is 1.00 e. The van der Waals surface area contributed by atoms with Gasteiger partial charge in [0, 0.05) is 0 Å². The average Bonchev–Trinajstić information content (AvgIpc) is 1.35. The third-order valence-corrected chi connectivity index (χ3v) is 0.781. The van der Waals surface area contributed by atoms with E-state index in [4.69, 9.17) is 0 Å². The van der Waals surface area contributed by atoms with Gasteiger partial charge < -0.3 is 6.92 Å². The van der Waals surface area contributed by atoms with Gasteiger partial charge in [0.1, 0.15) is 0 Å². The number of hydrogen-bond donors (Lipinski definition) is 0. The molecule has 0 nitrogen and oxygen atoms in total. The van der Waals surface area contributed by atoms with Crippen LogP contribution in [0.4, 0.5) is 0 Å². The number of hydrogen-bond acceptors (Lipinski definition) is 0. The Bertz CT molecular complexity index is 26.3. The summed E-state index contributed by atoms with van der Waals surface area (Å²) in [6.45, 7) is 8.15. The predicted molar refractivity (Wildman–Crippen MR) is 69.8 cm³/mol. The first-order valence-electron chi connectivity index (χ1n) is 2.56. The maximum Gasteiger partial charge on any atom is 1.00 e. The van der Waals surface area contributed by atoms with Gasteiger partial charge in [-0.25, -0.2) is 0 Å². The molecule has 0 fully saturated rings. The second-order valence-electron chi connectivity index (χ2n) is 2.04. The second-order valence-corrected chi connectivity index (χ2v) is 2.04. The summed E-state index contributed by atoms with van der Waals surface area (Å²) in [4.78, 5) is 0. The summed E-state index contributed by atoms with van der Waals surface area (Å²) < 4.78 is 0. The summed E-state index contributed by atoms with van der Waals surface area (Å²) >= 11 is 0. The van der Waals surface area contributed by atoms with E-state index in [1.165, 1.54) is 6.42 Å². The summed E-state index contributed by atoms with van der Waals surface area (Å²) in [5.41, 5.74) is 0. The van der Waals surface area contributed by atoms with Crippen molar-refractivity contribution < 1.29 is 51.4 Å². The molecule has 0 aliphatic rings. The molecule has 86 valence electrons. The Morgan fingerprint density at radius 3 is 1.08 bits per heavy atom. The van der Waals surface area contributed by atoms with E-state index in [0.717, 1.165) is 12.3 Å². The van der Waals surface area contributed by atoms with Crippen molar-refractivity contribution >= 4 is 0 Å². The maximum absolute atomic E-state index is 3.73. The Hall–Kier alpha value is 1.64. The van der Waals surface area contributed by atoms with E-state index in [1.54, 1.807) is 0 Å². The van der Waals surface area contributed by atoms with E-state index < -0.39 is 0 Å². The van der Waals surface area contributed by atoms with Crippen molar-refractivity contribution in [2.45, 2.75) is 71.2 Å². The molecule has 0 rings (SSSR count). The minimum atomic E-state index is 0. The molecular weight excluding hydrogens is 183 g/mol. The molecule has 0 aromatic carbocycles. The molecule has 0 aromatic rings. The molecule has 0 N–H and O–H groups in total. The van der Waals surface area contributed by atoms with E-state index in [2.05, 4.69) is 20.8 Å². The normalized spacial score (nSPS) is 4.62. The first-order valence-corrected chi connectivity index (χ1v) is 2.56. The minimum Gasteiger partial charge on any atom is -0.343 e. The fourth-order valence-corrected chi connectivity index (χ4v) is 0.408. The molecule has 0 saturated heterocycles. The SMILES string of the molecule is C.C.C.C.C.C.[CH2-]CCC(C)C.[K+]. The Labute approximate surface area is 134 Å². The van der Waals surface area contributed by atoms with E-state index in [0.29, 0.717) is 0 Å². The van der Waals surface area contributed by atoms with Crippen molar-refractivity contribution in [2.24, 2.45) is 5.92 Å². The van der Waals surface area contributed by atoms with E-state index >= 15 is 0 Å². The van der Waals surface area contributed by atoms with Crippen LogP contribution in [0.25, 0.3) is 0 Å². The van der Waals surface area contributed by atoms with E-state index in [-0.39, 0.29) is 95.9 Å². The Kier molecular flexibility index (Phi) is 235. The first-order chi connectivity index (χ1) is 2.77. The fourth-order valence-electron chi connectivity index (χ4n) is 0.408. The Morgan fingerprint density at radius 1 is 0.846 bits per heavy atom. The molecule has 0 bridgehead atoms. The zero-order chi connectivity index (χ0) is 4.99. The van der Waals surface area contributed by atoms with Gasteiger partial charge >= 0.3 is 51.4 Å². The summed E-state index contributed by atoms with van der Waals surface area (Å²) in [7, 11) is 0. The molecule has 0 radical (unpaired) electrons. The topological polar surface area (TPSA) is 0 Å². The first kappa shape index (κ1) is 61.8. The molecule has 0 saturated carbocycles. The van der Waals surface area contributed by atoms with Gasteiger partial charge in [0.25, 0.3) is 0 Å². The fraction of sp³-hybridized carbons (Fsp3) is 0.917. The van der Waals surface area contributed by atoms with Gasteiger partial charge in [-0.3, -0.25) is 0 Å². The second kappa shape index (κ2) is 49.4. The summed E-state index contributed by atoms with van der Waals surface area (Å²) in [5.74, 6) is 0.836. The smallest absolute Gasteiger partial charge is 0.343 e. The van der Waals surface area contributed by atoms with Gasteiger partial charge in [0.05, 0.1) is 0 Å². The van der Waals surface area contributed by atoms with Gasteiger partial charge in [0.2, 0.25) is 0 Å². The quantitative estimate of drug-likeness (QED) is 0.496. The van der Waals surface area contributed by atoms with Crippen LogP contribution in [0, 0.1) is 12.8 Å². The Morgan fingerprint density at radius 2 is 1.08 bits per heavy atom. The third-order valence-electron chi connectivity index (χ3n) is 0.781. The molecule has 0 aromatic heterocycles. The molecule has 0 heterocycles. The van der Waals surface area contributed by atoms with Crippen LogP contribution in [0.2, 0.25) is 0 Å². The molecular formula is C12H37K. The van der Waals surface area contributed by atoms with Crippen LogP contribution in [0.1, 0.15) is 71.2 Å². The molecule has 0 spiro atoms. The predicted octanol–water partition coefficient (Wildman–Crippen LogP) is 3.08. The van der Waals surface area contributed by atoms with Crippen LogP contribution >= 0.6 is 0 Å². The van der Waals surface area contributed by atoms with Gasteiger partial charge in [-0.05, 0) is 5.92 Å². The van der Waals surface area contributed by atoms with Crippen molar-refractivity contribution in [3.63, 3.8) is 0 Å². The van der Waals surface area contributed by atoms with Crippen LogP contribution in [-0.4, -0.2) is 0 Å². The number of rotatable bonds is 2. The summed E-state index contributed by atoms with van der Waals surface area (Å²) in [6.07, 6.45) is 2.34. The Balaban J connectivity index is -0.00000000595. The van der Waals surface area contributed by atoms with Gasteiger partial charge in [-0.2, -0.15) is 6.42 Å². The molecule has 0 amide bonds. The van der Waals surface area contributed by atoms with Crippen molar-refractivity contribution in [3.8, 4) is 0 Å². The van der Waals surface area contributed by atoms with Crippen molar-refractivity contribution in [1.82, 2.24) is 0 Å². The van der Waals surface area contributed by atoms with Gasteiger partial charge in [-0.1, -0.05) is 64.8 Å². The molecule has 0 unspecified atom stereocenters. The van der Waals surface area contributed by atoms with Crippen molar-refractivity contribution in [2.75, 3.05) is 0 Å². The monoisotopic (exact) mass is 220 g/mol. The molecule has 0 atom stereocenters. The van der Waals surface area contributed by atoms with Crippen LogP contribution in [0.3, 0.4) is 0 Å². The zero-order valence-electron chi connectivity index (χ0n) is 5.70. The van der Waals surface area contributed by atoms with Crippen LogP contribution in [-0.2, 0) is 0 Å². The summed E-state index contributed by atoms with van der Waals surface area (Å²) in [5, 5.41) is 0. The molecule has 1 heteroatoms. The third kappa shape index (κ3) is 85.9. The molecule has 13 heavy (non-hydrogen) atoms. The van der Waals surface area contributed by atoms with Gasteiger partial charge in [-0.15, -0.1) is 0 Å². The van der Waals surface area contributed by atoms with Crippen LogP contribution < -0.4 is 51.4 Å². The maximum atomic E-state index is 3.73. The van der Waals surface area contributed by atoms with Crippen molar-refractivity contribution in [1.29, 1.82) is 0 Å². The van der Waals surface area contributed by atoms with E-state index in [9.17, 15) is 0 Å². The standard InChI is InChI=1S/C6H13.6CH4.K/c1-4-5-6(2)3;;;;;;;/h6H,1,4-5H2,2-3H3;6*1H4;/q-1;;;;;;;+1. The van der Waals surface area contributed by atoms with E-state index in [1.807, 2.05) is 0 Å². The van der Waals surface area contributed by atoms with Crippen LogP contribution in [0.5, 0.6) is 0 Å². The van der Waals surface area contributed by atoms with Gasteiger partial charge in [0.15, 0.2) is 0 Å². The summed E-state index contributed by atoms with van der Waals surface area (Å²) in [6, 6.07) is 0. The zero-order valence-corrected chi connectivity index (χ0v) is 8.82.